The minimum atomic E-state index is 0.264. The van der Waals surface area contributed by atoms with Crippen molar-refractivity contribution in [3.8, 4) is 0 Å². The van der Waals surface area contributed by atoms with Crippen molar-refractivity contribution in [2.75, 3.05) is 35.0 Å². The van der Waals surface area contributed by atoms with Crippen molar-refractivity contribution in [2.45, 2.75) is 0 Å². The Hall–Kier alpha value is -0.160. The molecule has 0 aliphatic heterocycles. The second-order valence-electron chi connectivity index (χ2n) is 2.00. The predicted molar refractivity (Wildman–Crippen MR) is 34.4 cm³/mol. The van der Waals surface area contributed by atoms with Crippen LogP contribution in [0.5, 0.6) is 0 Å². The molecule has 4 nitrogen and oxygen atoms in total. The van der Waals surface area contributed by atoms with Crippen molar-refractivity contribution in [2.24, 2.45) is 0 Å². The fraction of sp³-hybridized carbons (Fsp3) is 1.00. The molecule has 0 aromatic heterocycles. The lowest BCUT2D eigenvalue weighted by molar-refractivity contribution is -0.268. The summed E-state index contributed by atoms with van der Waals surface area (Å²) in [5.74, 6) is 0. The Morgan fingerprint density at radius 3 is 1.44 bits per heavy atom. The molecule has 0 amide bonds. The normalized spacial score (nSPS) is 11.3. The summed E-state index contributed by atoms with van der Waals surface area (Å²) >= 11 is 0. The van der Waals surface area contributed by atoms with E-state index in [-0.39, 0.29) is 6.79 Å². The van der Waals surface area contributed by atoms with Gasteiger partial charge in [-0.05, 0) is 0 Å². The van der Waals surface area contributed by atoms with E-state index in [1.807, 2.05) is 0 Å². The molecule has 0 saturated carbocycles. The van der Waals surface area contributed by atoms with Gasteiger partial charge in [-0.15, -0.1) is 0 Å². The third-order valence-electron chi connectivity index (χ3n) is 0.622. The van der Waals surface area contributed by atoms with E-state index in [4.69, 9.17) is 9.68 Å². The fourth-order valence-corrected chi connectivity index (χ4v) is 0.234. The number of hydrogen-bond acceptors (Lipinski definition) is 4. The lowest BCUT2D eigenvalue weighted by Gasteiger charge is -2.13. The van der Waals surface area contributed by atoms with Crippen LogP contribution in [-0.4, -0.2) is 45.1 Å². The van der Waals surface area contributed by atoms with Crippen molar-refractivity contribution in [1.82, 2.24) is 10.1 Å². The molecule has 0 N–H and O–H groups in total. The van der Waals surface area contributed by atoms with E-state index in [0.29, 0.717) is 0 Å². The topological polar surface area (TPSA) is 24.9 Å². The average Bonchev–Trinajstić information content (AvgIpc) is 1.63. The minimum Gasteiger partial charge on any atom is -0.269 e. The molecule has 0 fully saturated rings. The summed E-state index contributed by atoms with van der Waals surface area (Å²) in [5, 5.41) is 3.17. The molecule has 0 heterocycles. The van der Waals surface area contributed by atoms with Gasteiger partial charge in [0.1, 0.15) is 0 Å². The zero-order chi connectivity index (χ0) is 7.28. The second-order valence-corrected chi connectivity index (χ2v) is 2.00. The van der Waals surface area contributed by atoms with Crippen LogP contribution in [0.4, 0.5) is 0 Å². The third kappa shape index (κ3) is 7.84. The summed E-state index contributed by atoms with van der Waals surface area (Å²) < 4.78 is 0. The minimum absolute atomic E-state index is 0.264. The molecule has 0 bridgehead atoms. The summed E-state index contributed by atoms with van der Waals surface area (Å²) in [6.45, 7) is 0.264. The van der Waals surface area contributed by atoms with Gasteiger partial charge >= 0.3 is 0 Å². The lowest BCUT2D eigenvalue weighted by Crippen LogP contribution is -2.20. The van der Waals surface area contributed by atoms with Crippen molar-refractivity contribution >= 4 is 0 Å². The van der Waals surface area contributed by atoms with Gasteiger partial charge in [-0.2, -0.15) is 10.1 Å². The fourth-order valence-electron chi connectivity index (χ4n) is 0.234. The van der Waals surface area contributed by atoms with Gasteiger partial charge in [0.15, 0.2) is 6.79 Å². The van der Waals surface area contributed by atoms with E-state index in [1.54, 1.807) is 38.3 Å². The maximum Gasteiger partial charge on any atom is 0.187 e. The monoisotopic (exact) mass is 134 g/mol. The van der Waals surface area contributed by atoms with Crippen molar-refractivity contribution in [3.63, 3.8) is 0 Å². The average molecular weight is 134 g/mol. The van der Waals surface area contributed by atoms with Gasteiger partial charge in [-0.25, -0.2) is 0 Å². The van der Waals surface area contributed by atoms with Gasteiger partial charge in [0.25, 0.3) is 0 Å². The van der Waals surface area contributed by atoms with Gasteiger partial charge in [-0.1, -0.05) is 0 Å². The van der Waals surface area contributed by atoms with E-state index < -0.39 is 0 Å². The summed E-state index contributed by atoms with van der Waals surface area (Å²) in [6, 6.07) is 0. The van der Waals surface area contributed by atoms with Crippen LogP contribution in [0.1, 0.15) is 0 Å². The molecule has 9 heavy (non-hydrogen) atoms. The molecule has 4 heteroatoms. The van der Waals surface area contributed by atoms with Crippen LogP contribution in [-0.2, 0) is 9.68 Å². The quantitative estimate of drug-likeness (QED) is 0.397. The first-order valence-electron chi connectivity index (χ1n) is 2.73. The van der Waals surface area contributed by atoms with Gasteiger partial charge in [0.05, 0.1) is 0 Å². The van der Waals surface area contributed by atoms with E-state index in [0.717, 1.165) is 0 Å². The molecule has 0 radical (unpaired) electrons. The third-order valence-corrected chi connectivity index (χ3v) is 0.622. The molecule has 0 aliphatic rings. The molecule has 0 atom stereocenters. The molecule has 0 aromatic carbocycles. The van der Waals surface area contributed by atoms with Crippen molar-refractivity contribution in [1.29, 1.82) is 0 Å². The summed E-state index contributed by atoms with van der Waals surface area (Å²) in [7, 11) is 7.22. The Kier molecular flexibility index (Phi) is 4.61. The first-order valence-corrected chi connectivity index (χ1v) is 2.73. The van der Waals surface area contributed by atoms with E-state index in [9.17, 15) is 0 Å². The largest absolute Gasteiger partial charge is 0.269 e. The molecule has 0 rings (SSSR count). The predicted octanol–water partition coefficient (Wildman–Crippen LogP) is -0.0697. The van der Waals surface area contributed by atoms with Gasteiger partial charge in [0.2, 0.25) is 0 Å². The molecule has 0 spiro atoms. The second kappa shape index (κ2) is 4.69. The molecular weight excluding hydrogens is 120 g/mol. The van der Waals surface area contributed by atoms with Crippen molar-refractivity contribution < 1.29 is 9.68 Å². The highest BCUT2D eigenvalue weighted by Crippen LogP contribution is 1.81. The molecule has 0 saturated heterocycles. The standard InChI is InChI=1S/C5H14N2O2/c1-6(2)8-5-9-7(3)4/h5H2,1-4H3. The number of rotatable bonds is 4. The molecular formula is C5H14N2O2. The SMILES string of the molecule is CN(C)OCON(C)C. The zero-order valence-electron chi connectivity index (χ0n) is 6.42. The highest BCUT2D eigenvalue weighted by Gasteiger charge is 1.89. The number of nitrogens with zero attached hydrogens (tertiary/aromatic N) is 2. The smallest absolute Gasteiger partial charge is 0.187 e. The van der Waals surface area contributed by atoms with Gasteiger partial charge in [0, 0.05) is 28.2 Å². The summed E-state index contributed by atoms with van der Waals surface area (Å²) in [5.41, 5.74) is 0. The lowest BCUT2D eigenvalue weighted by atomic mass is 11.2. The molecule has 0 aromatic rings. The Labute approximate surface area is 55.9 Å². The highest BCUT2D eigenvalue weighted by molar-refractivity contribution is 4.07. The molecule has 56 valence electrons. The van der Waals surface area contributed by atoms with E-state index in [1.165, 1.54) is 0 Å². The number of hydrogen-bond donors (Lipinski definition) is 0. The molecule has 0 aliphatic carbocycles. The van der Waals surface area contributed by atoms with Crippen LogP contribution in [0.15, 0.2) is 0 Å². The van der Waals surface area contributed by atoms with Crippen molar-refractivity contribution in [3.05, 3.63) is 0 Å². The number of hydroxylamine groups is 4. The maximum absolute atomic E-state index is 4.92. The van der Waals surface area contributed by atoms with Crippen LogP contribution < -0.4 is 0 Å². The first-order chi connectivity index (χ1) is 4.13. The summed E-state index contributed by atoms with van der Waals surface area (Å²) in [6.07, 6.45) is 0. The van der Waals surface area contributed by atoms with Crippen LogP contribution >= 0.6 is 0 Å². The van der Waals surface area contributed by atoms with Crippen LogP contribution in [0.25, 0.3) is 0 Å². The first kappa shape index (κ1) is 8.84. The van der Waals surface area contributed by atoms with Gasteiger partial charge in [-0.3, -0.25) is 9.68 Å². The molecule has 0 unspecified atom stereocenters. The zero-order valence-corrected chi connectivity index (χ0v) is 6.42. The van der Waals surface area contributed by atoms with Crippen LogP contribution in [0, 0.1) is 0 Å². The Bertz CT molecular complexity index is 58.0. The van der Waals surface area contributed by atoms with Gasteiger partial charge < -0.3 is 0 Å². The van der Waals surface area contributed by atoms with E-state index >= 15 is 0 Å². The Morgan fingerprint density at radius 2 is 1.22 bits per heavy atom. The van der Waals surface area contributed by atoms with Crippen LogP contribution in [0.2, 0.25) is 0 Å². The van der Waals surface area contributed by atoms with Crippen LogP contribution in [0.3, 0.4) is 0 Å². The summed E-state index contributed by atoms with van der Waals surface area (Å²) in [4.78, 5) is 9.84. The maximum atomic E-state index is 4.92. The Morgan fingerprint density at radius 1 is 0.889 bits per heavy atom. The van der Waals surface area contributed by atoms with E-state index in [2.05, 4.69) is 0 Å². The highest BCUT2D eigenvalue weighted by atomic mass is 16.8. The Balaban J connectivity index is 2.91.